The highest BCUT2D eigenvalue weighted by Crippen LogP contribution is 2.34. The summed E-state index contributed by atoms with van der Waals surface area (Å²) in [5.41, 5.74) is 0.0224. The van der Waals surface area contributed by atoms with Crippen molar-refractivity contribution in [2.24, 2.45) is 0 Å². The van der Waals surface area contributed by atoms with Gasteiger partial charge in [0.15, 0.2) is 11.5 Å². The van der Waals surface area contributed by atoms with E-state index in [1.165, 1.54) is 12.1 Å². The molecule has 0 amide bonds. The summed E-state index contributed by atoms with van der Waals surface area (Å²) in [5, 5.41) is 26.8. The zero-order valence-corrected chi connectivity index (χ0v) is 7.25. The van der Waals surface area contributed by atoms with Crippen LogP contribution >= 0.6 is 11.6 Å². The van der Waals surface area contributed by atoms with Gasteiger partial charge in [0.1, 0.15) is 0 Å². The van der Waals surface area contributed by atoms with Gasteiger partial charge in [-0.1, -0.05) is 11.6 Å². The van der Waals surface area contributed by atoms with E-state index in [1.54, 1.807) is 0 Å². The Balaban J connectivity index is 3.17. The number of hydrogen-bond donors (Lipinski definition) is 3. The molecule has 1 aromatic rings. The van der Waals surface area contributed by atoms with Crippen molar-refractivity contribution in [2.75, 3.05) is 0 Å². The van der Waals surface area contributed by atoms with Gasteiger partial charge in [0, 0.05) is 10.6 Å². The van der Waals surface area contributed by atoms with Crippen LogP contribution in [0.2, 0.25) is 5.02 Å². The maximum absolute atomic E-state index is 10.3. The Hall–Kier alpha value is -1.42. The number of carboxylic acids is 1. The lowest BCUT2D eigenvalue weighted by atomic mass is 10.1. The summed E-state index contributed by atoms with van der Waals surface area (Å²) >= 11 is 5.61. The quantitative estimate of drug-likeness (QED) is 0.633. The number of benzene rings is 1. The number of phenolic OH excluding ortho intramolecular Hbond substituents is 2. The monoisotopic (exact) mass is 202 g/mol. The second-order valence-electron chi connectivity index (χ2n) is 2.46. The van der Waals surface area contributed by atoms with Gasteiger partial charge in [-0.25, -0.2) is 0 Å². The van der Waals surface area contributed by atoms with Crippen LogP contribution in [0.5, 0.6) is 11.5 Å². The summed E-state index contributed by atoms with van der Waals surface area (Å²) in [4.78, 5) is 10.3. The van der Waals surface area contributed by atoms with E-state index < -0.39 is 18.1 Å². The smallest absolute Gasteiger partial charge is 0.308 e. The molecule has 0 fully saturated rings. The number of hydrogen-bond acceptors (Lipinski definition) is 3. The maximum atomic E-state index is 10.3. The molecule has 0 spiro atoms. The molecule has 5 heteroatoms. The Morgan fingerprint density at radius 2 is 2.00 bits per heavy atom. The minimum atomic E-state index is -1.12. The number of rotatable bonds is 2. The van der Waals surface area contributed by atoms with Gasteiger partial charge in [0.2, 0.25) is 0 Å². The Kier molecular flexibility index (Phi) is 2.63. The normalized spacial score (nSPS) is 9.92. The summed E-state index contributed by atoms with van der Waals surface area (Å²) in [6.07, 6.45) is -0.418. The van der Waals surface area contributed by atoms with E-state index >= 15 is 0 Å². The van der Waals surface area contributed by atoms with Crippen molar-refractivity contribution in [1.29, 1.82) is 0 Å². The van der Waals surface area contributed by atoms with Crippen LogP contribution in [-0.2, 0) is 11.2 Å². The number of phenols is 2. The topological polar surface area (TPSA) is 77.8 Å². The molecule has 0 aliphatic carbocycles. The number of carbonyl (C=O) groups is 1. The van der Waals surface area contributed by atoms with Crippen LogP contribution in [0.1, 0.15) is 5.56 Å². The standard InChI is InChI=1S/C8H7ClO4/c9-5-1-2-6(10)8(13)4(5)3-7(11)12/h1-2,10,13H,3H2,(H,11,12). The first-order valence-electron chi connectivity index (χ1n) is 3.43. The second kappa shape index (κ2) is 3.53. The molecule has 0 saturated heterocycles. The average molecular weight is 203 g/mol. The molecule has 0 aliphatic heterocycles. The molecule has 13 heavy (non-hydrogen) atoms. The van der Waals surface area contributed by atoms with Gasteiger partial charge in [-0.3, -0.25) is 4.79 Å². The molecular formula is C8H7ClO4. The van der Waals surface area contributed by atoms with E-state index in [1.807, 2.05) is 0 Å². The molecule has 0 aliphatic rings. The van der Waals surface area contributed by atoms with Gasteiger partial charge in [0.25, 0.3) is 0 Å². The first-order valence-corrected chi connectivity index (χ1v) is 3.81. The Morgan fingerprint density at radius 1 is 1.38 bits per heavy atom. The summed E-state index contributed by atoms with van der Waals surface area (Å²) in [7, 11) is 0. The third-order valence-electron chi connectivity index (χ3n) is 1.53. The molecular weight excluding hydrogens is 196 g/mol. The predicted octanol–water partition coefficient (Wildman–Crippen LogP) is 1.38. The van der Waals surface area contributed by atoms with Gasteiger partial charge in [-0.2, -0.15) is 0 Å². The highest BCUT2D eigenvalue weighted by atomic mass is 35.5. The fraction of sp³-hybridized carbons (Fsp3) is 0.125. The van der Waals surface area contributed by atoms with Crippen molar-refractivity contribution < 1.29 is 20.1 Å². The first kappa shape index (κ1) is 9.67. The van der Waals surface area contributed by atoms with Gasteiger partial charge < -0.3 is 15.3 Å². The lowest BCUT2D eigenvalue weighted by Gasteiger charge is -2.05. The third-order valence-corrected chi connectivity index (χ3v) is 1.89. The van der Waals surface area contributed by atoms with Crippen molar-refractivity contribution in [2.45, 2.75) is 6.42 Å². The largest absolute Gasteiger partial charge is 0.504 e. The summed E-state index contributed by atoms with van der Waals surface area (Å²) in [6.45, 7) is 0. The number of carboxylic acid groups (broad SMARTS) is 1. The molecule has 4 nitrogen and oxygen atoms in total. The minimum absolute atomic E-state index is 0.0224. The zero-order chi connectivity index (χ0) is 10.0. The molecule has 0 radical (unpaired) electrons. The Labute approximate surface area is 79.0 Å². The first-order chi connectivity index (χ1) is 6.02. The molecule has 0 unspecified atom stereocenters. The van der Waals surface area contributed by atoms with E-state index in [0.717, 1.165) is 0 Å². The van der Waals surface area contributed by atoms with Crippen LogP contribution in [0.15, 0.2) is 12.1 Å². The van der Waals surface area contributed by atoms with Gasteiger partial charge in [-0.15, -0.1) is 0 Å². The van der Waals surface area contributed by atoms with Crippen LogP contribution in [0.4, 0.5) is 0 Å². The van der Waals surface area contributed by atoms with Crippen molar-refractivity contribution >= 4 is 17.6 Å². The van der Waals surface area contributed by atoms with Crippen LogP contribution in [0.25, 0.3) is 0 Å². The van der Waals surface area contributed by atoms with Crippen LogP contribution in [-0.4, -0.2) is 21.3 Å². The van der Waals surface area contributed by atoms with Crippen molar-refractivity contribution in [3.63, 3.8) is 0 Å². The van der Waals surface area contributed by atoms with Gasteiger partial charge in [-0.05, 0) is 12.1 Å². The van der Waals surface area contributed by atoms with E-state index in [-0.39, 0.29) is 16.3 Å². The Bertz CT molecular complexity index is 348. The predicted molar refractivity (Wildman–Crippen MR) is 46.1 cm³/mol. The SMILES string of the molecule is O=C(O)Cc1c(Cl)ccc(O)c1O. The highest BCUT2D eigenvalue weighted by Gasteiger charge is 2.13. The summed E-state index contributed by atoms with van der Waals surface area (Å²) in [6, 6.07) is 2.53. The third kappa shape index (κ3) is 2.03. The number of aliphatic carboxylic acids is 1. The lowest BCUT2D eigenvalue weighted by molar-refractivity contribution is -0.136. The molecule has 0 atom stereocenters. The van der Waals surface area contributed by atoms with Crippen LogP contribution in [0, 0.1) is 0 Å². The molecule has 0 bridgehead atoms. The van der Waals surface area contributed by atoms with Crippen LogP contribution < -0.4 is 0 Å². The maximum Gasteiger partial charge on any atom is 0.308 e. The molecule has 1 rings (SSSR count). The van der Waals surface area contributed by atoms with E-state index in [2.05, 4.69) is 0 Å². The molecule has 3 N–H and O–H groups in total. The van der Waals surface area contributed by atoms with Crippen molar-refractivity contribution in [1.82, 2.24) is 0 Å². The lowest BCUT2D eigenvalue weighted by Crippen LogP contribution is -2.01. The number of halogens is 1. The fourth-order valence-corrected chi connectivity index (χ4v) is 1.14. The van der Waals surface area contributed by atoms with Crippen molar-refractivity contribution in [3.8, 4) is 11.5 Å². The molecule has 70 valence electrons. The van der Waals surface area contributed by atoms with E-state index in [0.29, 0.717) is 0 Å². The van der Waals surface area contributed by atoms with Gasteiger partial charge >= 0.3 is 5.97 Å². The van der Waals surface area contributed by atoms with Crippen LogP contribution in [0.3, 0.4) is 0 Å². The fourth-order valence-electron chi connectivity index (χ4n) is 0.919. The van der Waals surface area contributed by atoms with E-state index in [9.17, 15) is 9.90 Å². The number of aromatic hydroxyl groups is 2. The minimum Gasteiger partial charge on any atom is -0.504 e. The van der Waals surface area contributed by atoms with Crippen molar-refractivity contribution in [3.05, 3.63) is 22.7 Å². The second-order valence-corrected chi connectivity index (χ2v) is 2.87. The summed E-state index contributed by atoms with van der Waals surface area (Å²) in [5.74, 6) is -1.97. The van der Waals surface area contributed by atoms with Gasteiger partial charge in [0.05, 0.1) is 6.42 Å². The van der Waals surface area contributed by atoms with E-state index in [4.69, 9.17) is 21.8 Å². The Morgan fingerprint density at radius 3 is 2.54 bits per heavy atom. The zero-order valence-electron chi connectivity index (χ0n) is 6.49. The summed E-state index contributed by atoms with van der Waals surface area (Å²) < 4.78 is 0. The molecule has 0 aromatic heterocycles. The molecule has 1 aromatic carbocycles. The average Bonchev–Trinajstić information content (AvgIpc) is 2.05. The highest BCUT2D eigenvalue weighted by molar-refractivity contribution is 6.31. The molecule has 0 heterocycles. The molecule has 0 saturated carbocycles.